The van der Waals surface area contributed by atoms with Gasteiger partial charge >= 0.3 is 5.97 Å². The van der Waals surface area contributed by atoms with E-state index in [-0.39, 0.29) is 30.4 Å². The number of amides is 2. The molecule has 10 nitrogen and oxygen atoms in total. The van der Waals surface area contributed by atoms with E-state index in [9.17, 15) is 14.4 Å². The van der Waals surface area contributed by atoms with Crippen molar-refractivity contribution in [2.75, 3.05) is 19.8 Å². The molecule has 0 aliphatic rings. The van der Waals surface area contributed by atoms with Crippen molar-refractivity contribution in [1.29, 1.82) is 0 Å². The zero-order valence-electron chi connectivity index (χ0n) is 24.3. The number of hydrazone groups is 1. The third kappa shape index (κ3) is 10.9. The standard InChI is InChI=1S/C31H32Cl2IN3O7/c1-4-41-27-15-21(13-24(34)29(27)43-18-28(38)42-5-2)17-35-37-31(40)25(14-20-9-7-6-8-10-20)36-30(39)19(3)44-26-12-11-22(32)16-23(26)33/h6-13,15-17,19,25H,4-5,14,18H2,1-3H3,(H,36,39)(H,37,40)/b35-17-/t19-,25+/m1/s1. The van der Waals surface area contributed by atoms with Crippen molar-refractivity contribution in [3.63, 3.8) is 0 Å². The molecule has 234 valence electrons. The molecule has 3 rings (SSSR count). The van der Waals surface area contributed by atoms with Crippen molar-refractivity contribution < 1.29 is 33.3 Å². The second kappa shape index (κ2) is 17.7. The number of nitrogens with zero attached hydrogens (tertiary/aromatic N) is 1. The predicted molar refractivity (Wildman–Crippen MR) is 177 cm³/mol. The van der Waals surface area contributed by atoms with Gasteiger partial charge in [-0.3, -0.25) is 9.59 Å². The van der Waals surface area contributed by atoms with Crippen LogP contribution in [0.1, 0.15) is 31.9 Å². The van der Waals surface area contributed by atoms with E-state index < -0.39 is 29.9 Å². The van der Waals surface area contributed by atoms with Crippen LogP contribution < -0.4 is 25.0 Å². The maximum Gasteiger partial charge on any atom is 0.344 e. The SMILES string of the molecule is CCOC(=O)COc1c(I)cc(/C=N\NC(=O)[C@H](Cc2ccccc2)NC(=O)[C@@H](C)Oc2ccc(Cl)cc2Cl)cc1OCC. The van der Waals surface area contributed by atoms with Gasteiger partial charge in [-0.25, -0.2) is 10.2 Å². The molecule has 13 heteroatoms. The first kappa shape index (κ1) is 34.9. The molecule has 0 bridgehead atoms. The van der Waals surface area contributed by atoms with Crippen LogP contribution in [-0.4, -0.2) is 56.0 Å². The zero-order valence-corrected chi connectivity index (χ0v) is 27.9. The average Bonchev–Trinajstić information content (AvgIpc) is 2.98. The van der Waals surface area contributed by atoms with Gasteiger partial charge in [0.05, 0.1) is 28.0 Å². The van der Waals surface area contributed by atoms with E-state index in [4.69, 9.17) is 42.1 Å². The fourth-order valence-electron chi connectivity index (χ4n) is 3.81. The van der Waals surface area contributed by atoms with Crippen LogP contribution in [-0.2, 0) is 25.5 Å². The molecule has 0 aliphatic carbocycles. The van der Waals surface area contributed by atoms with Gasteiger partial charge in [-0.15, -0.1) is 0 Å². The van der Waals surface area contributed by atoms with Gasteiger partial charge in [-0.1, -0.05) is 53.5 Å². The molecule has 3 aromatic rings. The highest BCUT2D eigenvalue weighted by molar-refractivity contribution is 14.1. The lowest BCUT2D eigenvalue weighted by atomic mass is 10.1. The van der Waals surface area contributed by atoms with E-state index in [0.717, 1.165) is 5.56 Å². The van der Waals surface area contributed by atoms with Gasteiger partial charge in [0.1, 0.15) is 11.8 Å². The lowest BCUT2D eigenvalue weighted by molar-refractivity contribution is -0.145. The second-order valence-electron chi connectivity index (χ2n) is 9.18. The number of carbonyl (C=O) groups is 3. The van der Waals surface area contributed by atoms with Crippen LogP contribution in [0, 0.1) is 3.57 Å². The fourth-order valence-corrected chi connectivity index (χ4v) is 5.04. The van der Waals surface area contributed by atoms with Crippen molar-refractivity contribution in [3.05, 3.63) is 85.4 Å². The highest BCUT2D eigenvalue weighted by Gasteiger charge is 2.25. The summed E-state index contributed by atoms with van der Waals surface area (Å²) in [6.07, 6.45) is 0.682. The molecule has 2 N–H and O–H groups in total. The highest BCUT2D eigenvalue weighted by Crippen LogP contribution is 2.34. The van der Waals surface area contributed by atoms with Crippen LogP contribution in [0.15, 0.2) is 65.8 Å². The Balaban J connectivity index is 1.72. The van der Waals surface area contributed by atoms with Crippen LogP contribution in [0.4, 0.5) is 0 Å². The van der Waals surface area contributed by atoms with E-state index in [0.29, 0.717) is 32.3 Å². The predicted octanol–water partition coefficient (Wildman–Crippen LogP) is 5.58. The Hall–Kier alpha value is -3.55. The summed E-state index contributed by atoms with van der Waals surface area (Å²) in [5.41, 5.74) is 3.94. The zero-order chi connectivity index (χ0) is 32.1. The summed E-state index contributed by atoms with van der Waals surface area (Å²) < 4.78 is 22.6. The van der Waals surface area contributed by atoms with Gasteiger partial charge in [0.15, 0.2) is 24.2 Å². The van der Waals surface area contributed by atoms with Crippen molar-refractivity contribution in [2.45, 2.75) is 39.3 Å². The van der Waals surface area contributed by atoms with E-state index in [2.05, 4.69) is 38.4 Å². The number of esters is 1. The Morgan fingerprint density at radius 3 is 2.39 bits per heavy atom. The second-order valence-corrected chi connectivity index (χ2v) is 11.2. The van der Waals surface area contributed by atoms with Crippen molar-refractivity contribution in [3.8, 4) is 17.2 Å². The number of nitrogens with one attached hydrogen (secondary N) is 2. The van der Waals surface area contributed by atoms with E-state index in [1.54, 1.807) is 38.1 Å². The average molecular weight is 756 g/mol. The molecule has 2 amide bonds. The van der Waals surface area contributed by atoms with Crippen LogP contribution in [0.5, 0.6) is 17.2 Å². The number of hydrogen-bond donors (Lipinski definition) is 2. The molecule has 3 aromatic carbocycles. The van der Waals surface area contributed by atoms with Crippen LogP contribution in [0.2, 0.25) is 10.0 Å². The summed E-state index contributed by atoms with van der Waals surface area (Å²) in [4.78, 5) is 38.0. The van der Waals surface area contributed by atoms with E-state index in [1.165, 1.54) is 12.3 Å². The minimum absolute atomic E-state index is 0.210. The first-order valence-electron chi connectivity index (χ1n) is 13.6. The molecule has 44 heavy (non-hydrogen) atoms. The number of rotatable bonds is 15. The Bertz CT molecular complexity index is 1470. The molecule has 0 aliphatic heterocycles. The Kier molecular flexibility index (Phi) is 14.0. The summed E-state index contributed by atoms with van der Waals surface area (Å²) in [7, 11) is 0. The van der Waals surface area contributed by atoms with Gasteiger partial charge in [-0.05, 0) is 84.8 Å². The maximum atomic E-state index is 13.2. The summed E-state index contributed by atoms with van der Waals surface area (Å²) in [6.45, 7) is 5.42. The van der Waals surface area contributed by atoms with Gasteiger partial charge in [0.2, 0.25) is 0 Å². The third-order valence-electron chi connectivity index (χ3n) is 5.84. The Morgan fingerprint density at radius 2 is 1.70 bits per heavy atom. The normalized spacial score (nSPS) is 12.2. The monoisotopic (exact) mass is 755 g/mol. The van der Waals surface area contributed by atoms with Gasteiger partial charge in [-0.2, -0.15) is 5.10 Å². The number of carbonyl (C=O) groups excluding carboxylic acids is 3. The minimum Gasteiger partial charge on any atom is -0.490 e. The van der Waals surface area contributed by atoms with Gasteiger partial charge in [0, 0.05) is 11.4 Å². The number of halogens is 3. The molecule has 0 heterocycles. The van der Waals surface area contributed by atoms with Gasteiger partial charge < -0.3 is 24.3 Å². The molecule has 0 radical (unpaired) electrons. The largest absolute Gasteiger partial charge is 0.490 e. The fraction of sp³-hybridized carbons (Fsp3) is 0.290. The van der Waals surface area contributed by atoms with Crippen molar-refractivity contribution in [1.82, 2.24) is 10.7 Å². The van der Waals surface area contributed by atoms with Crippen LogP contribution in [0.25, 0.3) is 0 Å². The maximum absolute atomic E-state index is 13.2. The highest BCUT2D eigenvalue weighted by atomic mass is 127. The minimum atomic E-state index is -0.966. The smallest absolute Gasteiger partial charge is 0.344 e. The topological polar surface area (TPSA) is 125 Å². The Labute approximate surface area is 279 Å². The van der Waals surface area contributed by atoms with Crippen LogP contribution in [0.3, 0.4) is 0 Å². The lowest BCUT2D eigenvalue weighted by Crippen LogP contribution is -2.50. The molecule has 0 saturated carbocycles. The molecule has 0 spiro atoms. The molecule has 0 saturated heterocycles. The molecule has 0 fully saturated rings. The summed E-state index contributed by atoms with van der Waals surface area (Å²) >= 11 is 14.2. The first-order chi connectivity index (χ1) is 21.1. The summed E-state index contributed by atoms with van der Waals surface area (Å²) in [6, 6.07) is 16.4. The molecule has 2 atom stereocenters. The van der Waals surface area contributed by atoms with Crippen LogP contribution >= 0.6 is 45.8 Å². The summed E-state index contributed by atoms with van der Waals surface area (Å²) in [5, 5.41) is 7.54. The Morgan fingerprint density at radius 1 is 0.955 bits per heavy atom. The molecular formula is C31H32Cl2IN3O7. The third-order valence-corrected chi connectivity index (χ3v) is 7.17. The number of ether oxygens (including phenoxy) is 4. The molecule has 0 unspecified atom stereocenters. The molecular weight excluding hydrogens is 724 g/mol. The number of hydrogen-bond acceptors (Lipinski definition) is 8. The lowest BCUT2D eigenvalue weighted by Gasteiger charge is -2.21. The summed E-state index contributed by atoms with van der Waals surface area (Å²) in [5.74, 6) is -0.476. The van der Waals surface area contributed by atoms with Crippen molar-refractivity contribution >= 4 is 69.8 Å². The van der Waals surface area contributed by atoms with E-state index >= 15 is 0 Å². The van der Waals surface area contributed by atoms with E-state index in [1.807, 2.05) is 37.3 Å². The molecule has 0 aromatic heterocycles. The van der Waals surface area contributed by atoms with Crippen molar-refractivity contribution in [2.24, 2.45) is 5.10 Å². The number of benzene rings is 3. The quantitative estimate of drug-likeness (QED) is 0.0899. The van der Waals surface area contributed by atoms with Gasteiger partial charge in [0.25, 0.3) is 11.8 Å². The first-order valence-corrected chi connectivity index (χ1v) is 15.5.